The molecular formula is C73H130NO8P. The van der Waals surface area contributed by atoms with Gasteiger partial charge in [-0.1, -0.05) is 317 Å². The number of phosphoric ester groups is 1. The number of carbonyl (C=O) groups is 2. The Morgan fingerprint density at radius 1 is 0.361 bits per heavy atom. The lowest BCUT2D eigenvalue weighted by atomic mass is 10.0. The highest BCUT2D eigenvalue weighted by Gasteiger charge is 2.26. The monoisotopic (exact) mass is 1180 g/mol. The van der Waals surface area contributed by atoms with Crippen LogP contribution in [0.15, 0.2) is 97.2 Å². The second kappa shape index (κ2) is 68.0. The fraction of sp³-hybridized carbons (Fsp3) is 0.753. The molecule has 0 rings (SSSR count). The molecule has 0 radical (unpaired) electrons. The summed E-state index contributed by atoms with van der Waals surface area (Å²) in [6.45, 7) is 3.55. The minimum absolute atomic E-state index is 0.0513. The third-order valence-corrected chi connectivity index (χ3v) is 15.9. The van der Waals surface area contributed by atoms with Crippen LogP contribution >= 0.6 is 7.82 Å². The Morgan fingerprint density at radius 2 is 0.627 bits per heavy atom. The van der Waals surface area contributed by atoms with Gasteiger partial charge in [-0.3, -0.25) is 18.6 Å². The molecule has 0 heterocycles. The van der Waals surface area contributed by atoms with Gasteiger partial charge in [0.2, 0.25) is 0 Å². The van der Waals surface area contributed by atoms with Crippen molar-refractivity contribution in [1.29, 1.82) is 0 Å². The van der Waals surface area contributed by atoms with Crippen molar-refractivity contribution in [2.24, 2.45) is 5.73 Å². The SMILES string of the molecule is CC/C=C\C/C=C\C/C=C\C/C=C\CCCCCCCCCCCCCCCCCCCCCCCCCCCCC(=O)OC(COC(=O)CCCCCCCCCCCC/C=C\C/C=C\C/C=C\C/C=C\CC)COP(=O)(O)OCCN. The third-order valence-electron chi connectivity index (χ3n) is 15.0. The van der Waals surface area contributed by atoms with Gasteiger partial charge in [0.25, 0.3) is 0 Å². The molecule has 83 heavy (non-hydrogen) atoms. The zero-order valence-electron chi connectivity index (χ0n) is 53.9. The van der Waals surface area contributed by atoms with Crippen molar-refractivity contribution in [3.8, 4) is 0 Å². The summed E-state index contributed by atoms with van der Waals surface area (Å²) in [5, 5.41) is 0. The molecule has 2 unspecified atom stereocenters. The second-order valence-corrected chi connectivity index (χ2v) is 24.4. The number of hydrogen-bond donors (Lipinski definition) is 2. The molecule has 0 spiro atoms. The van der Waals surface area contributed by atoms with Crippen LogP contribution in [0.3, 0.4) is 0 Å². The van der Waals surface area contributed by atoms with Crippen LogP contribution in [0.5, 0.6) is 0 Å². The molecule has 480 valence electrons. The summed E-state index contributed by atoms with van der Waals surface area (Å²) in [6.07, 6.45) is 92.3. The van der Waals surface area contributed by atoms with E-state index in [0.717, 1.165) is 96.3 Å². The number of carbonyl (C=O) groups excluding carboxylic acids is 2. The number of hydrogen-bond acceptors (Lipinski definition) is 8. The zero-order valence-corrected chi connectivity index (χ0v) is 54.8. The lowest BCUT2D eigenvalue weighted by Crippen LogP contribution is -2.29. The van der Waals surface area contributed by atoms with E-state index in [-0.39, 0.29) is 38.6 Å². The summed E-state index contributed by atoms with van der Waals surface area (Å²) in [7, 11) is -4.40. The Kier molecular flexibility index (Phi) is 65.5. The Morgan fingerprint density at radius 3 is 0.928 bits per heavy atom. The first-order valence-electron chi connectivity index (χ1n) is 34.7. The van der Waals surface area contributed by atoms with E-state index < -0.39 is 26.5 Å². The largest absolute Gasteiger partial charge is 0.472 e. The van der Waals surface area contributed by atoms with E-state index in [9.17, 15) is 19.0 Å². The van der Waals surface area contributed by atoms with Crippen molar-refractivity contribution < 1.29 is 37.6 Å². The van der Waals surface area contributed by atoms with E-state index >= 15 is 0 Å². The van der Waals surface area contributed by atoms with Crippen LogP contribution in [0.1, 0.15) is 322 Å². The third kappa shape index (κ3) is 67.9. The average Bonchev–Trinajstić information content (AvgIpc) is 3.48. The summed E-state index contributed by atoms with van der Waals surface area (Å²) < 4.78 is 33.2. The molecule has 0 aliphatic rings. The number of unbranched alkanes of at least 4 members (excludes halogenated alkanes) is 36. The molecular weight excluding hydrogens is 1050 g/mol. The minimum atomic E-state index is -4.40. The first kappa shape index (κ1) is 79.9. The Hall–Kier alpha value is -3.07. The fourth-order valence-corrected chi connectivity index (χ4v) is 10.7. The number of allylic oxidation sites excluding steroid dienone is 16. The standard InChI is InChI=1S/C73H130NO8P/c1-3-5-7-9-11-13-15-17-19-21-23-25-27-28-29-30-31-32-33-34-35-36-37-38-39-40-41-42-44-46-48-50-52-54-56-58-60-62-64-66-73(76)82-71(70-81-83(77,78)80-68-67-74)69-79-72(75)65-63-61-59-57-55-53-51-49-47-45-43-26-24-22-20-18-16-14-12-10-8-6-4-2/h5-8,11-14,17-20,23-26,71H,3-4,9-10,15-16,21-22,27-70,74H2,1-2H3,(H,77,78)/b7-5-,8-6-,13-11-,14-12-,19-17-,20-18-,25-23-,26-24-. The van der Waals surface area contributed by atoms with E-state index in [1.54, 1.807) is 0 Å². The van der Waals surface area contributed by atoms with Crippen LogP contribution in [0.25, 0.3) is 0 Å². The first-order chi connectivity index (χ1) is 40.8. The molecule has 10 heteroatoms. The predicted octanol–water partition coefficient (Wildman–Crippen LogP) is 22.7. The fourth-order valence-electron chi connectivity index (χ4n) is 9.92. The summed E-state index contributed by atoms with van der Waals surface area (Å²) in [4.78, 5) is 35.3. The van der Waals surface area contributed by atoms with Crippen molar-refractivity contribution in [3.05, 3.63) is 97.2 Å². The van der Waals surface area contributed by atoms with Crippen LogP contribution in [0.4, 0.5) is 0 Å². The summed E-state index contributed by atoms with van der Waals surface area (Å²) in [5.41, 5.74) is 5.40. The van der Waals surface area contributed by atoms with Crippen molar-refractivity contribution in [2.45, 2.75) is 328 Å². The van der Waals surface area contributed by atoms with Gasteiger partial charge >= 0.3 is 19.8 Å². The molecule has 0 fully saturated rings. The molecule has 0 bridgehead atoms. The maximum absolute atomic E-state index is 12.8. The molecule has 0 aliphatic carbocycles. The van der Waals surface area contributed by atoms with Crippen LogP contribution in [0, 0.1) is 0 Å². The first-order valence-corrected chi connectivity index (χ1v) is 36.2. The maximum atomic E-state index is 12.8. The molecule has 0 aromatic rings. The van der Waals surface area contributed by atoms with Gasteiger partial charge in [-0.05, 0) is 89.9 Å². The average molecular weight is 1180 g/mol. The van der Waals surface area contributed by atoms with Gasteiger partial charge in [0.05, 0.1) is 13.2 Å². The van der Waals surface area contributed by atoms with Gasteiger partial charge in [0, 0.05) is 19.4 Å². The van der Waals surface area contributed by atoms with Gasteiger partial charge < -0.3 is 20.1 Å². The van der Waals surface area contributed by atoms with Crippen LogP contribution < -0.4 is 5.73 Å². The molecule has 0 amide bonds. The van der Waals surface area contributed by atoms with E-state index in [1.165, 1.54) is 193 Å². The summed E-state index contributed by atoms with van der Waals surface area (Å²) in [6, 6.07) is 0. The number of nitrogens with two attached hydrogens (primary N) is 1. The number of esters is 2. The maximum Gasteiger partial charge on any atom is 0.472 e. The predicted molar refractivity (Wildman–Crippen MR) is 358 cm³/mol. The summed E-state index contributed by atoms with van der Waals surface area (Å²) >= 11 is 0. The lowest BCUT2D eigenvalue weighted by Gasteiger charge is -2.19. The van der Waals surface area contributed by atoms with E-state index in [2.05, 4.69) is 111 Å². The lowest BCUT2D eigenvalue weighted by molar-refractivity contribution is -0.161. The van der Waals surface area contributed by atoms with E-state index in [1.807, 2.05) is 0 Å². The van der Waals surface area contributed by atoms with Crippen LogP contribution in [0.2, 0.25) is 0 Å². The van der Waals surface area contributed by atoms with Gasteiger partial charge in [0.15, 0.2) is 6.10 Å². The highest BCUT2D eigenvalue weighted by atomic mass is 31.2. The Labute approximate surface area is 512 Å². The van der Waals surface area contributed by atoms with Crippen molar-refractivity contribution >= 4 is 19.8 Å². The minimum Gasteiger partial charge on any atom is -0.462 e. The number of rotatable bonds is 65. The van der Waals surface area contributed by atoms with Crippen molar-refractivity contribution in [2.75, 3.05) is 26.4 Å². The highest BCUT2D eigenvalue weighted by Crippen LogP contribution is 2.43. The molecule has 0 aromatic heterocycles. The molecule has 0 aromatic carbocycles. The van der Waals surface area contributed by atoms with Gasteiger partial charge in [-0.2, -0.15) is 0 Å². The topological polar surface area (TPSA) is 134 Å². The highest BCUT2D eigenvalue weighted by molar-refractivity contribution is 7.47. The number of ether oxygens (including phenoxy) is 2. The molecule has 0 saturated heterocycles. The smallest absolute Gasteiger partial charge is 0.462 e. The van der Waals surface area contributed by atoms with Crippen LogP contribution in [-0.4, -0.2) is 49.3 Å². The van der Waals surface area contributed by atoms with E-state index in [0.29, 0.717) is 6.42 Å². The number of phosphoric acid groups is 1. The van der Waals surface area contributed by atoms with Crippen molar-refractivity contribution in [1.82, 2.24) is 0 Å². The second-order valence-electron chi connectivity index (χ2n) is 23.0. The Bertz CT molecular complexity index is 1680. The molecule has 0 saturated carbocycles. The normalized spacial score (nSPS) is 13.5. The van der Waals surface area contributed by atoms with Gasteiger partial charge in [-0.25, -0.2) is 4.57 Å². The Balaban J connectivity index is 3.81. The molecule has 9 nitrogen and oxygen atoms in total. The molecule has 2 atom stereocenters. The summed E-state index contributed by atoms with van der Waals surface area (Å²) in [5.74, 6) is -0.822. The van der Waals surface area contributed by atoms with Gasteiger partial charge in [-0.15, -0.1) is 0 Å². The van der Waals surface area contributed by atoms with E-state index in [4.69, 9.17) is 24.3 Å². The molecule has 3 N–H and O–H groups in total. The van der Waals surface area contributed by atoms with Crippen molar-refractivity contribution in [3.63, 3.8) is 0 Å². The molecule has 0 aliphatic heterocycles. The van der Waals surface area contributed by atoms with Gasteiger partial charge in [0.1, 0.15) is 6.61 Å². The quantitative estimate of drug-likeness (QED) is 0.0264. The zero-order chi connectivity index (χ0) is 60.1. The van der Waals surface area contributed by atoms with Crippen LogP contribution in [-0.2, 0) is 32.7 Å².